The van der Waals surface area contributed by atoms with Gasteiger partial charge in [-0.05, 0) is 54.7 Å². The lowest BCUT2D eigenvalue weighted by molar-refractivity contribution is -0.126. The van der Waals surface area contributed by atoms with Crippen LogP contribution in [0.1, 0.15) is 55.5 Å². The first-order valence-corrected chi connectivity index (χ1v) is 13.8. The molecule has 2 aliphatic heterocycles. The molecule has 1 aromatic carbocycles. The number of hydrogen-bond donors (Lipinski definition) is 1. The van der Waals surface area contributed by atoms with Crippen LogP contribution < -0.4 is 5.32 Å². The summed E-state index contributed by atoms with van der Waals surface area (Å²) < 4.78 is 29.9. The topological polar surface area (TPSA) is 78.8 Å². The second kappa shape index (κ2) is 9.81. The maximum atomic E-state index is 12.9. The van der Waals surface area contributed by atoms with Crippen molar-refractivity contribution in [1.82, 2.24) is 10.2 Å². The molecule has 1 N–H and O–H groups in total. The molecule has 0 unspecified atom stereocenters. The molecule has 176 valence electrons. The SMILES string of the molecule is CC1=C(c2ccc(C(C)C)cc2)S(=O)(=O)N=C1N1CCC(C(=O)NCCc2cccs2)CC1. The van der Waals surface area contributed by atoms with Crippen LogP contribution in [0.2, 0.25) is 0 Å². The van der Waals surface area contributed by atoms with Gasteiger partial charge in [0.1, 0.15) is 10.7 Å². The van der Waals surface area contributed by atoms with Crippen molar-refractivity contribution >= 4 is 38.0 Å². The van der Waals surface area contributed by atoms with E-state index in [-0.39, 0.29) is 11.8 Å². The number of rotatable bonds is 6. The molecule has 3 heterocycles. The van der Waals surface area contributed by atoms with Gasteiger partial charge in [0, 0.05) is 36.0 Å². The molecule has 0 aliphatic carbocycles. The van der Waals surface area contributed by atoms with Crippen molar-refractivity contribution in [2.75, 3.05) is 19.6 Å². The van der Waals surface area contributed by atoms with Crippen LogP contribution in [0.3, 0.4) is 0 Å². The molecule has 2 aromatic rings. The van der Waals surface area contributed by atoms with Crippen molar-refractivity contribution < 1.29 is 13.2 Å². The summed E-state index contributed by atoms with van der Waals surface area (Å²) in [7, 11) is -3.74. The van der Waals surface area contributed by atoms with Crippen LogP contribution in [0.15, 0.2) is 51.7 Å². The van der Waals surface area contributed by atoms with E-state index < -0.39 is 10.0 Å². The molecule has 1 aromatic heterocycles. The number of piperidine rings is 1. The van der Waals surface area contributed by atoms with E-state index in [4.69, 9.17) is 0 Å². The Hall–Kier alpha value is -2.45. The average molecular weight is 486 g/mol. The summed E-state index contributed by atoms with van der Waals surface area (Å²) >= 11 is 1.70. The summed E-state index contributed by atoms with van der Waals surface area (Å²) in [5.74, 6) is 0.950. The lowest BCUT2D eigenvalue weighted by Gasteiger charge is -2.32. The Bertz CT molecular complexity index is 1160. The third-order valence-electron chi connectivity index (χ3n) is 6.40. The standard InChI is InChI=1S/C25H31N3O3S2/c1-17(2)19-6-8-20(9-7-19)23-18(3)24(27-33(23,30)31)28-14-11-21(12-15-28)25(29)26-13-10-22-5-4-16-32-22/h4-9,16-17,21H,10-15H2,1-3H3,(H,26,29). The van der Waals surface area contributed by atoms with Gasteiger partial charge < -0.3 is 10.2 Å². The first-order valence-electron chi connectivity index (χ1n) is 11.5. The van der Waals surface area contributed by atoms with E-state index >= 15 is 0 Å². The van der Waals surface area contributed by atoms with E-state index in [2.05, 4.69) is 29.6 Å². The van der Waals surface area contributed by atoms with Gasteiger partial charge >= 0.3 is 0 Å². The zero-order valence-corrected chi connectivity index (χ0v) is 21.0. The van der Waals surface area contributed by atoms with Crippen molar-refractivity contribution in [3.63, 3.8) is 0 Å². The number of likely N-dealkylation sites (tertiary alicyclic amines) is 1. The van der Waals surface area contributed by atoms with Gasteiger partial charge in [-0.3, -0.25) is 4.79 Å². The van der Waals surface area contributed by atoms with Gasteiger partial charge in [-0.1, -0.05) is 44.2 Å². The largest absolute Gasteiger partial charge is 0.356 e. The Morgan fingerprint density at radius 3 is 2.48 bits per heavy atom. The summed E-state index contributed by atoms with van der Waals surface area (Å²) in [6, 6.07) is 11.8. The predicted molar refractivity (Wildman–Crippen MR) is 135 cm³/mol. The highest BCUT2D eigenvalue weighted by Crippen LogP contribution is 2.35. The Balaban J connectivity index is 1.39. The lowest BCUT2D eigenvalue weighted by atomic mass is 9.95. The summed E-state index contributed by atoms with van der Waals surface area (Å²) in [6.07, 6.45) is 2.23. The number of amidine groups is 1. The number of carbonyl (C=O) groups is 1. The third kappa shape index (κ3) is 5.22. The second-order valence-corrected chi connectivity index (χ2v) is 11.6. The predicted octanol–water partition coefficient (Wildman–Crippen LogP) is 4.42. The minimum absolute atomic E-state index is 0.0458. The van der Waals surface area contributed by atoms with E-state index in [9.17, 15) is 13.2 Å². The molecule has 0 atom stereocenters. The number of amides is 1. The fourth-order valence-electron chi connectivity index (χ4n) is 4.46. The van der Waals surface area contributed by atoms with Gasteiger partial charge in [-0.2, -0.15) is 8.42 Å². The Labute approximate surface area is 200 Å². The Kier molecular flexibility index (Phi) is 7.05. The van der Waals surface area contributed by atoms with Crippen LogP contribution in [0, 0.1) is 5.92 Å². The fourth-order valence-corrected chi connectivity index (χ4v) is 6.66. The van der Waals surface area contributed by atoms with Gasteiger partial charge in [0.05, 0.1) is 0 Å². The monoisotopic (exact) mass is 485 g/mol. The summed E-state index contributed by atoms with van der Waals surface area (Å²) in [4.78, 5) is 16.1. The van der Waals surface area contributed by atoms with Crippen molar-refractivity contribution in [3.05, 3.63) is 63.4 Å². The van der Waals surface area contributed by atoms with E-state index in [1.54, 1.807) is 11.3 Å². The average Bonchev–Trinajstić information content (AvgIpc) is 3.39. The minimum atomic E-state index is -3.74. The van der Waals surface area contributed by atoms with E-state index in [1.165, 1.54) is 10.4 Å². The van der Waals surface area contributed by atoms with Crippen LogP contribution >= 0.6 is 11.3 Å². The van der Waals surface area contributed by atoms with Crippen molar-refractivity contribution in [1.29, 1.82) is 0 Å². The number of nitrogens with zero attached hydrogens (tertiary/aromatic N) is 2. The first-order chi connectivity index (χ1) is 15.8. The van der Waals surface area contributed by atoms with Crippen molar-refractivity contribution in [2.24, 2.45) is 10.3 Å². The zero-order chi connectivity index (χ0) is 23.6. The minimum Gasteiger partial charge on any atom is -0.356 e. The molecule has 0 spiro atoms. The molecule has 2 aliphatic rings. The molecule has 0 bridgehead atoms. The maximum absolute atomic E-state index is 12.9. The summed E-state index contributed by atoms with van der Waals surface area (Å²) in [5.41, 5.74) is 2.53. The first kappa shape index (κ1) is 23.7. The normalized spacial score (nSPS) is 18.7. The van der Waals surface area contributed by atoms with Crippen LogP contribution in [-0.4, -0.2) is 44.7 Å². The molecule has 0 saturated carbocycles. The van der Waals surface area contributed by atoms with Crippen LogP contribution in [0.4, 0.5) is 0 Å². The van der Waals surface area contributed by atoms with Gasteiger partial charge in [0.15, 0.2) is 0 Å². The molecule has 4 rings (SSSR count). The van der Waals surface area contributed by atoms with E-state index in [0.29, 0.717) is 60.3 Å². The van der Waals surface area contributed by atoms with E-state index in [1.807, 2.05) is 47.5 Å². The highest BCUT2D eigenvalue weighted by molar-refractivity contribution is 8.00. The number of nitrogens with one attached hydrogen (secondary N) is 1. The smallest absolute Gasteiger partial charge is 0.285 e. The van der Waals surface area contributed by atoms with Crippen molar-refractivity contribution in [2.45, 2.75) is 46.0 Å². The Morgan fingerprint density at radius 1 is 1.18 bits per heavy atom. The molecular formula is C25H31N3O3S2. The van der Waals surface area contributed by atoms with Crippen LogP contribution in [0.25, 0.3) is 4.91 Å². The number of carbonyl (C=O) groups excluding carboxylic acids is 1. The van der Waals surface area contributed by atoms with Crippen LogP contribution in [-0.2, 0) is 21.2 Å². The molecule has 1 amide bonds. The van der Waals surface area contributed by atoms with Gasteiger partial charge in [-0.15, -0.1) is 15.7 Å². The highest BCUT2D eigenvalue weighted by Gasteiger charge is 2.35. The van der Waals surface area contributed by atoms with Gasteiger partial charge in [0.2, 0.25) is 5.91 Å². The molecule has 0 radical (unpaired) electrons. The number of thiophene rings is 1. The van der Waals surface area contributed by atoms with E-state index in [0.717, 1.165) is 6.42 Å². The quantitative estimate of drug-likeness (QED) is 0.657. The molecule has 33 heavy (non-hydrogen) atoms. The second-order valence-electron chi connectivity index (χ2n) is 9.00. The molecular weight excluding hydrogens is 454 g/mol. The fraction of sp³-hybridized carbons (Fsp3) is 0.440. The number of sulfonamides is 1. The molecule has 1 saturated heterocycles. The van der Waals surface area contributed by atoms with Gasteiger partial charge in [0.25, 0.3) is 10.0 Å². The highest BCUT2D eigenvalue weighted by atomic mass is 32.2. The lowest BCUT2D eigenvalue weighted by Crippen LogP contribution is -2.43. The zero-order valence-electron chi connectivity index (χ0n) is 19.4. The summed E-state index contributed by atoms with van der Waals surface area (Å²) in [5, 5.41) is 5.09. The molecule has 1 fully saturated rings. The third-order valence-corrected chi connectivity index (χ3v) is 8.80. The number of hydrogen-bond acceptors (Lipinski definition) is 5. The van der Waals surface area contributed by atoms with Crippen LogP contribution in [0.5, 0.6) is 0 Å². The number of benzene rings is 1. The van der Waals surface area contributed by atoms with Gasteiger partial charge in [-0.25, -0.2) is 0 Å². The Morgan fingerprint density at radius 2 is 1.88 bits per heavy atom. The van der Waals surface area contributed by atoms with Crippen molar-refractivity contribution in [3.8, 4) is 0 Å². The molecule has 8 heteroatoms. The molecule has 6 nitrogen and oxygen atoms in total. The summed E-state index contributed by atoms with van der Waals surface area (Å²) in [6.45, 7) is 7.94. The maximum Gasteiger partial charge on any atom is 0.285 e.